The van der Waals surface area contributed by atoms with Crippen molar-refractivity contribution in [2.24, 2.45) is 0 Å². The van der Waals surface area contributed by atoms with E-state index in [0.29, 0.717) is 0 Å². The first kappa shape index (κ1) is 20.9. The lowest BCUT2D eigenvalue weighted by Crippen LogP contribution is -2.08. The van der Waals surface area contributed by atoms with Gasteiger partial charge in [0.2, 0.25) is 0 Å². The number of rotatable bonds is 8. The summed E-state index contributed by atoms with van der Waals surface area (Å²) in [6.45, 7) is 0.744. The molecule has 0 spiro atoms. The topological polar surface area (TPSA) is 37.4 Å². The Balaban J connectivity index is 1.57. The van der Waals surface area contributed by atoms with Gasteiger partial charge in [0.25, 0.3) is 0 Å². The van der Waals surface area contributed by atoms with Gasteiger partial charge in [-0.15, -0.1) is 11.3 Å². The van der Waals surface area contributed by atoms with Crippen LogP contribution in [0.15, 0.2) is 78.9 Å². The number of ether oxygens (including phenoxy) is 1. The lowest BCUT2D eigenvalue weighted by atomic mass is 10.1. The minimum Gasteiger partial charge on any atom is -0.497 e. The maximum Gasteiger partial charge on any atom is 0.183 e. The summed E-state index contributed by atoms with van der Waals surface area (Å²) in [5.41, 5.74) is 5.85. The lowest BCUT2D eigenvalue weighted by molar-refractivity contribution is 0.415. The summed E-state index contributed by atoms with van der Waals surface area (Å²) in [4.78, 5) is 8.31. The third-order valence-corrected chi connectivity index (χ3v) is 6.18. The van der Waals surface area contributed by atoms with Gasteiger partial charge in [-0.25, -0.2) is 4.98 Å². The molecule has 0 aliphatic rings. The van der Waals surface area contributed by atoms with E-state index in [4.69, 9.17) is 9.72 Å². The van der Waals surface area contributed by atoms with Crippen LogP contribution in [0, 0.1) is 0 Å². The molecule has 0 saturated carbocycles. The van der Waals surface area contributed by atoms with E-state index >= 15 is 0 Å². The average molecular weight is 430 g/mol. The van der Waals surface area contributed by atoms with Crippen LogP contribution in [0.1, 0.15) is 16.0 Å². The molecule has 0 fully saturated rings. The molecule has 1 aromatic heterocycles. The molecule has 0 saturated heterocycles. The number of nitrogens with zero attached hydrogens (tertiary/aromatic N) is 2. The summed E-state index contributed by atoms with van der Waals surface area (Å²) in [5, 5.41) is 4.46. The van der Waals surface area contributed by atoms with Crippen LogP contribution in [0.5, 0.6) is 5.75 Å². The second-order valence-electron chi connectivity index (χ2n) is 7.60. The van der Waals surface area contributed by atoms with Gasteiger partial charge in [-0.05, 0) is 47.5 Å². The van der Waals surface area contributed by atoms with Crippen molar-refractivity contribution in [3.63, 3.8) is 0 Å². The van der Waals surface area contributed by atoms with Crippen LogP contribution in [0.25, 0.3) is 11.3 Å². The molecule has 4 aromatic rings. The molecule has 1 heterocycles. The Hall–Kier alpha value is -3.31. The first-order valence-electron chi connectivity index (χ1n) is 10.3. The van der Waals surface area contributed by atoms with Crippen molar-refractivity contribution in [2.75, 3.05) is 31.4 Å². The molecule has 0 aliphatic carbocycles. The number of benzene rings is 3. The Bertz CT molecular complexity index is 1100. The minimum absolute atomic E-state index is 0.744. The van der Waals surface area contributed by atoms with Gasteiger partial charge in [-0.3, -0.25) is 0 Å². The zero-order valence-electron chi connectivity index (χ0n) is 18.1. The summed E-state index contributed by atoms with van der Waals surface area (Å²) < 4.78 is 5.31. The molecule has 3 aromatic carbocycles. The maximum atomic E-state index is 5.31. The van der Waals surface area contributed by atoms with Crippen LogP contribution >= 0.6 is 11.3 Å². The second kappa shape index (κ2) is 9.67. The normalized spacial score (nSPS) is 10.7. The number of thiazole rings is 1. The van der Waals surface area contributed by atoms with E-state index in [0.717, 1.165) is 35.1 Å². The van der Waals surface area contributed by atoms with Crippen LogP contribution in [-0.2, 0) is 13.0 Å². The fraction of sp³-hybridized carbons (Fsp3) is 0.192. The van der Waals surface area contributed by atoms with Crippen molar-refractivity contribution >= 4 is 22.2 Å². The Morgan fingerprint density at radius 3 is 2.23 bits per heavy atom. The van der Waals surface area contributed by atoms with Gasteiger partial charge < -0.3 is 15.0 Å². The van der Waals surface area contributed by atoms with Gasteiger partial charge >= 0.3 is 0 Å². The SMILES string of the molecule is COc1ccc(-c2nc(NCc3ccc(N(C)C)cc3)sc2Cc2ccccc2)cc1. The molecule has 0 bridgehead atoms. The highest BCUT2D eigenvalue weighted by Crippen LogP contribution is 2.34. The minimum atomic E-state index is 0.744. The summed E-state index contributed by atoms with van der Waals surface area (Å²) in [7, 11) is 5.79. The van der Waals surface area contributed by atoms with Crippen molar-refractivity contribution in [1.29, 1.82) is 0 Å². The van der Waals surface area contributed by atoms with Crippen molar-refractivity contribution in [1.82, 2.24) is 4.98 Å². The molecule has 5 heteroatoms. The van der Waals surface area contributed by atoms with Crippen molar-refractivity contribution in [3.8, 4) is 17.0 Å². The molecule has 0 radical (unpaired) electrons. The summed E-state index contributed by atoms with van der Waals surface area (Å²) in [6, 6.07) is 27.3. The molecule has 1 N–H and O–H groups in total. The fourth-order valence-corrected chi connectivity index (χ4v) is 4.41. The number of methoxy groups -OCH3 is 1. The van der Waals surface area contributed by atoms with Crippen LogP contribution < -0.4 is 15.0 Å². The number of nitrogens with one attached hydrogen (secondary N) is 1. The van der Waals surface area contributed by atoms with Crippen LogP contribution in [0.4, 0.5) is 10.8 Å². The number of anilines is 2. The molecule has 4 nitrogen and oxygen atoms in total. The summed E-state index contributed by atoms with van der Waals surface area (Å²) in [6.07, 6.45) is 0.860. The monoisotopic (exact) mass is 429 g/mol. The van der Waals surface area contributed by atoms with Crippen LogP contribution in [0.2, 0.25) is 0 Å². The van der Waals surface area contributed by atoms with Crippen molar-refractivity contribution < 1.29 is 4.74 Å². The van der Waals surface area contributed by atoms with E-state index in [1.54, 1.807) is 18.4 Å². The Morgan fingerprint density at radius 1 is 0.871 bits per heavy atom. The second-order valence-corrected chi connectivity index (χ2v) is 8.68. The van der Waals surface area contributed by atoms with Gasteiger partial charge in [0, 0.05) is 43.2 Å². The highest BCUT2D eigenvalue weighted by Gasteiger charge is 2.14. The van der Waals surface area contributed by atoms with E-state index < -0.39 is 0 Å². The smallest absolute Gasteiger partial charge is 0.183 e. The van der Waals surface area contributed by atoms with E-state index in [1.807, 2.05) is 12.1 Å². The summed E-state index contributed by atoms with van der Waals surface area (Å²) >= 11 is 1.72. The lowest BCUT2D eigenvalue weighted by Gasteiger charge is -2.12. The first-order valence-corrected chi connectivity index (χ1v) is 11.1. The van der Waals surface area contributed by atoms with E-state index in [-0.39, 0.29) is 0 Å². The highest BCUT2D eigenvalue weighted by molar-refractivity contribution is 7.16. The maximum absolute atomic E-state index is 5.31. The van der Waals surface area contributed by atoms with Crippen molar-refractivity contribution in [3.05, 3.63) is 94.9 Å². The number of hydrogen-bond donors (Lipinski definition) is 1. The third-order valence-electron chi connectivity index (χ3n) is 5.16. The van der Waals surface area contributed by atoms with Crippen molar-refractivity contribution in [2.45, 2.75) is 13.0 Å². The molecule has 0 aliphatic heterocycles. The Labute approximate surface area is 188 Å². The molecule has 31 heavy (non-hydrogen) atoms. The van der Waals surface area contributed by atoms with E-state index in [9.17, 15) is 0 Å². The van der Waals surface area contributed by atoms with Gasteiger partial charge in [-0.1, -0.05) is 42.5 Å². The number of hydrogen-bond acceptors (Lipinski definition) is 5. The molecule has 0 amide bonds. The van der Waals surface area contributed by atoms with Gasteiger partial charge in [0.05, 0.1) is 12.8 Å². The summed E-state index contributed by atoms with van der Waals surface area (Å²) in [5.74, 6) is 0.850. The molecule has 158 valence electrons. The predicted molar refractivity (Wildman–Crippen MR) is 131 cm³/mol. The fourth-order valence-electron chi connectivity index (χ4n) is 3.39. The largest absolute Gasteiger partial charge is 0.497 e. The number of aromatic nitrogens is 1. The third kappa shape index (κ3) is 5.25. The molecular weight excluding hydrogens is 402 g/mol. The molecule has 0 unspecified atom stereocenters. The van der Waals surface area contributed by atoms with Gasteiger partial charge in [0.1, 0.15) is 5.75 Å². The zero-order chi connectivity index (χ0) is 21.6. The van der Waals surface area contributed by atoms with E-state index in [1.165, 1.54) is 21.7 Å². The first-order chi connectivity index (χ1) is 15.1. The molecular formula is C26H27N3OS. The van der Waals surface area contributed by atoms with Crippen LogP contribution in [0.3, 0.4) is 0 Å². The van der Waals surface area contributed by atoms with Gasteiger partial charge in [0.15, 0.2) is 5.13 Å². The van der Waals surface area contributed by atoms with Gasteiger partial charge in [-0.2, -0.15) is 0 Å². The highest BCUT2D eigenvalue weighted by atomic mass is 32.1. The molecule has 4 rings (SSSR count). The molecule has 0 atom stereocenters. The predicted octanol–water partition coefficient (Wildman–Crippen LogP) is 6.09. The zero-order valence-corrected chi connectivity index (χ0v) is 18.9. The van der Waals surface area contributed by atoms with Crippen LogP contribution in [-0.4, -0.2) is 26.2 Å². The Kier molecular flexibility index (Phi) is 6.53. The standard InChI is InChI=1S/C26H27N3OS/c1-29(2)22-13-9-20(10-14-22)18-27-26-28-25(21-11-15-23(30-3)16-12-21)24(31-26)17-19-7-5-4-6-8-19/h4-16H,17-18H2,1-3H3,(H,27,28). The quantitative estimate of drug-likeness (QED) is 0.368. The van der Waals surface area contributed by atoms with E-state index in [2.05, 4.69) is 91.0 Å². The average Bonchev–Trinajstić information content (AvgIpc) is 3.21. The Morgan fingerprint density at radius 2 is 1.58 bits per heavy atom.